The van der Waals surface area contributed by atoms with Crippen LogP contribution >= 0.6 is 11.6 Å². The average molecular weight is 419 g/mol. The van der Waals surface area contributed by atoms with Crippen molar-refractivity contribution < 1.29 is 22.9 Å². The highest BCUT2D eigenvalue weighted by atomic mass is 35.5. The van der Waals surface area contributed by atoms with Crippen molar-refractivity contribution in [2.45, 2.75) is 12.5 Å². The number of amides is 2. The summed E-state index contributed by atoms with van der Waals surface area (Å²) in [6.45, 7) is 0.297. The number of hydrogen-bond acceptors (Lipinski definition) is 5. The first-order valence-corrected chi connectivity index (χ1v) is 8.97. The number of anilines is 1. The molecule has 2 amide bonds. The normalized spacial score (nSPS) is 16.3. The maximum atomic E-state index is 13.7. The number of halogens is 3. The molecule has 0 radical (unpaired) electrons. The molecule has 4 rings (SSSR count). The fraction of sp³-hybridized carbons (Fsp3) is 0.158. The average Bonchev–Trinajstić information content (AvgIpc) is 3.32. The van der Waals surface area contributed by atoms with Gasteiger partial charge in [-0.2, -0.15) is 4.98 Å². The van der Waals surface area contributed by atoms with Gasteiger partial charge in [-0.3, -0.25) is 9.59 Å². The summed E-state index contributed by atoms with van der Waals surface area (Å²) in [5.74, 6) is -2.53. The third-order valence-corrected chi connectivity index (χ3v) is 4.73. The van der Waals surface area contributed by atoms with Gasteiger partial charge in [-0.05, 0) is 42.8 Å². The minimum absolute atomic E-state index is 0.0225. The summed E-state index contributed by atoms with van der Waals surface area (Å²) >= 11 is 5.66. The van der Waals surface area contributed by atoms with Gasteiger partial charge in [0, 0.05) is 17.8 Å². The second kappa shape index (κ2) is 7.59. The molecule has 1 atom stereocenters. The first-order valence-electron chi connectivity index (χ1n) is 8.59. The largest absolute Gasteiger partial charge is 0.337 e. The van der Waals surface area contributed by atoms with Crippen LogP contribution in [0.3, 0.4) is 0 Å². The van der Waals surface area contributed by atoms with E-state index in [9.17, 15) is 18.4 Å². The van der Waals surface area contributed by atoms with Crippen molar-refractivity contribution in [2.75, 3.05) is 11.4 Å². The summed E-state index contributed by atoms with van der Waals surface area (Å²) in [7, 11) is 0. The van der Waals surface area contributed by atoms with E-state index in [1.807, 2.05) is 0 Å². The highest BCUT2D eigenvalue weighted by Gasteiger charge is 2.35. The lowest BCUT2D eigenvalue weighted by Gasteiger charge is -2.17. The lowest BCUT2D eigenvalue weighted by molar-refractivity contribution is -0.118. The van der Waals surface area contributed by atoms with Crippen molar-refractivity contribution in [1.82, 2.24) is 15.5 Å². The van der Waals surface area contributed by atoms with E-state index in [0.29, 0.717) is 24.2 Å². The van der Waals surface area contributed by atoms with Crippen molar-refractivity contribution in [3.05, 3.63) is 64.9 Å². The Labute approximate surface area is 168 Å². The van der Waals surface area contributed by atoms with Gasteiger partial charge in [0.05, 0.1) is 5.02 Å². The van der Waals surface area contributed by atoms with Gasteiger partial charge in [0.15, 0.2) is 0 Å². The molecule has 1 saturated heterocycles. The molecule has 0 spiro atoms. The van der Waals surface area contributed by atoms with E-state index in [-0.39, 0.29) is 16.7 Å². The van der Waals surface area contributed by atoms with E-state index in [4.69, 9.17) is 16.1 Å². The standard InChI is InChI=1S/C19H13ClF2N4O3/c20-13-5-4-12(9-14(13)22)26-7-6-15(19(26)28)23-17(27)16-24-18(29-25-16)10-2-1-3-11(21)8-10/h1-5,8-9,15H,6-7H2,(H,23,27). The van der Waals surface area contributed by atoms with E-state index in [1.54, 1.807) is 6.07 Å². The molecule has 7 nitrogen and oxygen atoms in total. The van der Waals surface area contributed by atoms with Crippen LogP contribution in [0.4, 0.5) is 14.5 Å². The molecule has 148 valence electrons. The Morgan fingerprint density at radius 2 is 2.07 bits per heavy atom. The third-order valence-electron chi connectivity index (χ3n) is 4.43. The van der Waals surface area contributed by atoms with Crippen LogP contribution in [-0.2, 0) is 4.79 Å². The molecule has 1 aliphatic heterocycles. The number of benzene rings is 2. The van der Waals surface area contributed by atoms with Crippen LogP contribution in [0.15, 0.2) is 47.0 Å². The van der Waals surface area contributed by atoms with Gasteiger partial charge in [-0.15, -0.1) is 0 Å². The minimum atomic E-state index is -0.822. The number of rotatable bonds is 4. The van der Waals surface area contributed by atoms with Gasteiger partial charge >= 0.3 is 0 Å². The molecular weight excluding hydrogens is 406 g/mol. The molecule has 0 bridgehead atoms. The Balaban J connectivity index is 1.45. The van der Waals surface area contributed by atoms with Gasteiger partial charge in [0.2, 0.25) is 5.91 Å². The molecule has 0 aliphatic carbocycles. The summed E-state index contributed by atoms with van der Waals surface area (Å²) < 4.78 is 32.0. The summed E-state index contributed by atoms with van der Waals surface area (Å²) in [5.41, 5.74) is 0.672. The minimum Gasteiger partial charge on any atom is -0.337 e. The van der Waals surface area contributed by atoms with Crippen LogP contribution in [0.5, 0.6) is 0 Å². The number of aromatic nitrogens is 2. The fourth-order valence-electron chi connectivity index (χ4n) is 3.00. The zero-order chi connectivity index (χ0) is 20.5. The van der Waals surface area contributed by atoms with E-state index >= 15 is 0 Å². The van der Waals surface area contributed by atoms with E-state index in [1.165, 1.54) is 35.2 Å². The molecule has 10 heteroatoms. The number of hydrogen-bond donors (Lipinski definition) is 1. The lowest BCUT2D eigenvalue weighted by Crippen LogP contribution is -2.41. The van der Waals surface area contributed by atoms with Crippen LogP contribution in [0.1, 0.15) is 17.0 Å². The predicted octanol–water partition coefficient (Wildman–Crippen LogP) is 3.20. The highest BCUT2D eigenvalue weighted by Crippen LogP contribution is 2.26. The molecule has 3 aromatic rings. The molecule has 1 fully saturated rings. The van der Waals surface area contributed by atoms with Crippen molar-refractivity contribution in [3.63, 3.8) is 0 Å². The molecule has 2 heterocycles. The first-order chi connectivity index (χ1) is 13.9. The van der Waals surface area contributed by atoms with Crippen molar-refractivity contribution in [3.8, 4) is 11.5 Å². The number of carbonyl (C=O) groups excluding carboxylic acids is 2. The highest BCUT2D eigenvalue weighted by molar-refractivity contribution is 6.30. The lowest BCUT2D eigenvalue weighted by atomic mass is 10.2. The summed E-state index contributed by atoms with van der Waals surface area (Å²) in [6, 6.07) is 8.71. The Bertz CT molecular complexity index is 1100. The van der Waals surface area contributed by atoms with Crippen molar-refractivity contribution in [2.24, 2.45) is 0 Å². The zero-order valence-electron chi connectivity index (χ0n) is 14.7. The molecule has 2 aromatic carbocycles. The van der Waals surface area contributed by atoms with Crippen LogP contribution in [0, 0.1) is 11.6 Å². The van der Waals surface area contributed by atoms with Crippen molar-refractivity contribution >= 4 is 29.1 Å². The summed E-state index contributed by atoms with van der Waals surface area (Å²) in [4.78, 5) is 30.3. The predicted molar refractivity (Wildman–Crippen MR) is 99.3 cm³/mol. The second-order valence-corrected chi connectivity index (χ2v) is 6.74. The Morgan fingerprint density at radius 3 is 2.83 bits per heavy atom. The molecule has 0 saturated carbocycles. The topological polar surface area (TPSA) is 88.3 Å². The van der Waals surface area contributed by atoms with Crippen LogP contribution in [-0.4, -0.2) is 34.5 Å². The molecule has 1 N–H and O–H groups in total. The SMILES string of the molecule is O=C(NC1CCN(c2ccc(Cl)c(F)c2)C1=O)c1noc(-c2cccc(F)c2)n1. The quantitative estimate of drug-likeness (QED) is 0.703. The summed E-state index contributed by atoms with van der Waals surface area (Å²) in [5, 5.41) is 6.07. The maximum absolute atomic E-state index is 13.7. The van der Waals surface area contributed by atoms with Gasteiger partial charge in [-0.1, -0.05) is 22.8 Å². The smallest absolute Gasteiger partial charge is 0.293 e. The van der Waals surface area contributed by atoms with Crippen LogP contribution in [0.25, 0.3) is 11.5 Å². The molecule has 1 unspecified atom stereocenters. The maximum Gasteiger partial charge on any atom is 0.293 e. The fourth-order valence-corrected chi connectivity index (χ4v) is 3.12. The Hall–Kier alpha value is -3.33. The molecule has 29 heavy (non-hydrogen) atoms. The third kappa shape index (κ3) is 3.81. The van der Waals surface area contributed by atoms with Gasteiger partial charge in [0.25, 0.3) is 17.6 Å². The van der Waals surface area contributed by atoms with Crippen molar-refractivity contribution in [1.29, 1.82) is 0 Å². The van der Waals surface area contributed by atoms with Crippen LogP contribution in [0.2, 0.25) is 5.02 Å². The number of nitrogens with one attached hydrogen (secondary N) is 1. The molecule has 1 aliphatic rings. The van der Waals surface area contributed by atoms with E-state index in [0.717, 1.165) is 6.07 Å². The Morgan fingerprint density at radius 1 is 1.24 bits per heavy atom. The molecule has 1 aromatic heterocycles. The van der Waals surface area contributed by atoms with Gasteiger partial charge in [-0.25, -0.2) is 8.78 Å². The Kier molecular flexibility index (Phi) is 4.98. The molecular formula is C19H13ClF2N4O3. The zero-order valence-corrected chi connectivity index (χ0v) is 15.5. The number of nitrogens with zero attached hydrogens (tertiary/aromatic N) is 3. The number of carbonyl (C=O) groups is 2. The van der Waals surface area contributed by atoms with Crippen LogP contribution < -0.4 is 10.2 Å². The summed E-state index contributed by atoms with van der Waals surface area (Å²) in [6.07, 6.45) is 0.323. The second-order valence-electron chi connectivity index (χ2n) is 6.34. The van der Waals surface area contributed by atoms with E-state index in [2.05, 4.69) is 15.5 Å². The van der Waals surface area contributed by atoms with E-state index < -0.39 is 29.5 Å². The van der Waals surface area contributed by atoms with Gasteiger partial charge in [0.1, 0.15) is 17.7 Å². The first kappa shape index (κ1) is 19.0. The van der Waals surface area contributed by atoms with Gasteiger partial charge < -0.3 is 14.7 Å². The monoisotopic (exact) mass is 418 g/mol.